The predicted octanol–water partition coefficient (Wildman–Crippen LogP) is 1.54. The molecule has 1 rings (SSSR count). The zero-order chi connectivity index (χ0) is 15.3. The van der Waals surface area contributed by atoms with E-state index in [2.05, 4.69) is 10.4 Å². The number of aryl methyl sites for hydroxylation is 1. The number of nitrogens with one attached hydrogen (secondary N) is 1. The molecule has 8 heteroatoms. The van der Waals surface area contributed by atoms with Gasteiger partial charge in [0.05, 0.1) is 17.6 Å². The van der Waals surface area contributed by atoms with Crippen LogP contribution in [0.1, 0.15) is 26.7 Å². The van der Waals surface area contributed by atoms with Crippen LogP contribution in [0.2, 0.25) is 5.02 Å². The molecule has 1 aromatic rings. The summed E-state index contributed by atoms with van der Waals surface area (Å²) in [6.45, 7) is 4.25. The van der Waals surface area contributed by atoms with Gasteiger partial charge in [-0.2, -0.15) is 5.10 Å². The summed E-state index contributed by atoms with van der Waals surface area (Å²) in [5, 5.41) is 6.98. The first-order chi connectivity index (χ1) is 9.24. The van der Waals surface area contributed by atoms with Gasteiger partial charge in [-0.3, -0.25) is 4.79 Å². The van der Waals surface area contributed by atoms with Crippen molar-refractivity contribution in [3.63, 3.8) is 0 Å². The van der Waals surface area contributed by atoms with Gasteiger partial charge >= 0.3 is 0 Å². The van der Waals surface area contributed by atoms with E-state index in [0.717, 1.165) is 19.1 Å². The van der Waals surface area contributed by atoms with Gasteiger partial charge in [-0.15, -0.1) is 0 Å². The zero-order valence-corrected chi connectivity index (χ0v) is 13.5. The molecule has 1 unspecified atom stereocenters. The molecular weight excluding hydrogens is 302 g/mol. The minimum Gasteiger partial charge on any atom is -0.379 e. The summed E-state index contributed by atoms with van der Waals surface area (Å²) in [4.78, 5) is 12.0. The fourth-order valence-electron chi connectivity index (χ4n) is 1.79. The molecule has 0 aliphatic carbocycles. The fourth-order valence-corrected chi connectivity index (χ4v) is 2.99. The third-order valence-electron chi connectivity index (χ3n) is 2.66. The third kappa shape index (κ3) is 5.13. The number of unbranched alkanes of at least 4 members (excludes halogenated alkanes) is 1. The van der Waals surface area contributed by atoms with E-state index in [1.165, 1.54) is 10.9 Å². The van der Waals surface area contributed by atoms with Crippen LogP contribution in [0.15, 0.2) is 11.0 Å². The minimum absolute atomic E-state index is 0.0384. The number of hydrogen-bond donors (Lipinski definition) is 1. The Bertz CT molecular complexity index is 613. The number of halogens is 1. The van der Waals surface area contributed by atoms with Crippen molar-refractivity contribution in [2.45, 2.75) is 39.3 Å². The van der Waals surface area contributed by atoms with Crippen molar-refractivity contribution < 1.29 is 8.42 Å². The maximum atomic E-state index is 12.0. The molecule has 6 nitrogen and oxygen atoms in total. The van der Waals surface area contributed by atoms with Crippen LogP contribution in [0.3, 0.4) is 0 Å². The average molecular weight is 322 g/mol. The Kier molecular flexibility index (Phi) is 6.01. The molecule has 0 amide bonds. The number of rotatable bonds is 7. The van der Waals surface area contributed by atoms with Crippen LogP contribution in [0, 0.1) is 0 Å². The molecule has 0 spiro atoms. The molecule has 20 heavy (non-hydrogen) atoms. The maximum Gasteiger partial charge on any atom is 0.287 e. The summed E-state index contributed by atoms with van der Waals surface area (Å²) in [6.07, 6.45) is 4.42. The number of nitrogens with zero attached hydrogens (tertiary/aromatic N) is 2. The lowest BCUT2D eigenvalue weighted by Crippen LogP contribution is -2.28. The molecule has 114 valence electrons. The van der Waals surface area contributed by atoms with Gasteiger partial charge in [0.15, 0.2) is 0 Å². The second-order valence-corrected chi connectivity index (χ2v) is 7.45. The second kappa shape index (κ2) is 7.08. The molecule has 0 radical (unpaired) electrons. The maximum absolute atomic E-state index is 12.0. The van der Waals surface area contributed by atoms with Gasteiger partial charge in [0.25, 0.3) is 5.56 Å². The van der Waals surface area contributed by atoms with Gasteiger partial charge in [0.2, 0.25) is 0 Å². The molecule has 0 bridgehead atoms. The van der Waals surface area contributed by atoms with Gasteiger partial charge in [0.1, 0.15) is 14.9 Å². The van der Waals surface area contributed by atoms with E-state index in [1.54, 1.807) is 6.92 Å². The summed E-state index contributed by atoms with van der Waals surface area (Å²) in [5.74, 6) is -0.0394. The molecule has 0 fully saturated rings. The highest BCUT2D eigenvalue weighted by molar-refractivity contribution is 7.90. The van der Waals surface area contributed by atoms with E-state index in [0.29, 0.717) is 12.2 Å². The van der Waals surface area contributed by atoms with Gasteiger partial charge < -0.3 is 5.32 Å². The van der Waals surface area contributed by atoms with Crippen LogP contribution in [0.4, 0.5) is 5.69 Å². The highest BCUT2D eigenvalue weighted by atomic mass is 35.5. The summed E-state index contributed by atoms with van der Waals surface area (Å²) >= 11 is 6.01. The average Bonchev–Trinajstić information content (AvgIpc) is 2.32. The van der Waals surface area contributed by atoms with Crippen LogP contribution in [-0.4, -0.2) is 36.2 Å². The molecule has 1 heterocycles. The van der Waals surface area contributed by atoms with E-state index in [4.69, 9.17) is 11.6 Å². The summed E-state index contributed by atoms with van der Waals surface area (Å²) in [6, 6.07) is -0.352. The van der Waals surface area contributed by atoms with E-state index < -0.39 is 9.84 Å². The minimum atomic E-state index is -3.10. The van der Waals surface area contributed by atoms with Crippen LogP contribution in [0.25, 0.3) is 0 Å². The Labute approximate surface area is 124 Å². The molecule has 0 saturated carbocycles. The third-order valence-corrected chi connectivity index (χ3v) is 4.13. The number of aromatic nitrogens is 2. The molecule has 1 aromatic heterocycles. The van der Waals surface area contributed by atoms with E-state index in [1.807, 2.05) is 6.92 Å². The van der Waals surface area contributed by atoms with E-state index in [9.17, 15) is 13.2 Å². The topological polar surface area (TPSA) is 81.1 Å². The van der Waals surface area contributed by atoms with Crippen LogP contribution in [0.5, 0.6) is 0 Å². The van der Waals surface area contributed by atoms with Crippen LogP contribution >= 0.6 is 11.6 Å². The largest absolute Gasteiger partial charge is 0.379 e. The molecule has 1 atom stereocenters. The fraction of sp³-hybridized carbons (Fsp3) is 0.667. The van der Waals surface area contributed by atoms with E-state index >= 15 is 0 Å². The zero-order valence-electron chi connectivity index (χ0n) is 11.9. The lowest BCUT2D eigenvalue weighted by atomic mass is 10.3. The van der Waals surface area contributed by atoms with Crippen molar-refractivity contribution in [1.29, 1.82) is 0 Å². The van der Waals surface area contributed by atoms with Crippen molar-refractivity contribution in [2.75, 3.05) is 17.3 Å². The summed E-state index contributed by atoms with van der Waals surface area (Å²) < 4.78 is 23.7. The first-order valence-electron chi connectivity index (χ1n) is 6.44. The van der Waals surface area contributed by atoms with Crippen LogP contribution < -0.4 is 10.9 Å². The first-order valence-corrected chi connectivity index (χ1v) is 8.88. The second-order valence-electron chi connectivity index (χ2n) is 4.89. The van der Waals surface area contributed by atoms with Crippen molar-refractivity contribution >= 4 is 27.1 Å². The normalized spacial score (nSPS) is 13.2. The van der Waals surface area contributed by atoms with Crippen molar-refractivity contribution in [2.24, 2.45) is 0 Å². The standard InChI is InChI=1S/C12H20ClN3O3S/c1-4-5-6-16-12(17)11(13)10(7-14-16)15-9(2)8-20(3,18)19/h7,9,15H,4-6,8H2,1-3H3. The van der Waals surface area contributed by atoms with Gasteiger partial charge in [-0.1, -0.05) is 24.9 Å². The predicted molar refractivity (Wildman–Crippen MR) is 81.2 cm³/mol. The molecule has 0 saturated heterocycles. The Balaban J connectivity index is 2.88. The lowest BCUT2D eigenvalue weighted by Gasteiger charge is -2.15. The van der Waals surface area contributed by atoms with Crippen molar-refractivity contribution in [1.82, 2.24) is 9.78 Å². The smallest absolute Gasteiger partial charge is 0.287 e. The quantitative estimate of drug-likeness (QED) is 0.824. The summed E-state index contributed by atoms with van der Waals surface area (Å²) in [7, 11) is -3.10. The summed E-state index contributed by atoms with van der Waals surface area (Å²) in [5.41, 5.74) is -0.00256. The van der Waals surface area contributed by atoms with Gasteiger partial charge in [-0.05, 0) is 13.3 Å². The highest BCUT2D eigenvalue weighted by Gasteiger charge is 2.14. The highest BCUT2D eigenvalue weighted by Crippen LogP contribution is 2.16. The Morgan fingerprint density at radius 1 is 1.50 bits per heavy atom. The van der Waals surface area contributed by atoms with Crippen molar-refractivity contribution in [3.05, 3.63) is 21.6 Å². The molecular formula is C12H20ClN3O3S. The molecule has 1 N–H and O–H groups in total. The van der Waals surface area contributed by atoms with Gasteiger partial charge in [-0.25, -0.2) is 13.1 Å². The SMILES string of the molecule is CCCCn1ncc(NC(C)CS(C)(=O)=O)c(Cl)c1=O. The Morgan fingerprint density at radius 3 is 2.70 bits per heavy atom. The van der Waals surface area contributed by atoms with Gasteiger partial charge in [0, 0.05) is 18.8 Å². The molecule has 0 aliphatic rings. The number of anilines is 1. The van der Waals surface area contributed by atoms with E-state index in [-0.39, 0.29) is 22.4 Å². The molecule has 0 aromatic carbocycles. The lowest BCUT2D eigenvalue weighted by molar-refractivity contribution is 0.543. The number of sulfone groups is 1. The monoisotopic (exact) mass is 321 g/mol. The Morgan fingerprint density at radius 2 is 2.15 bits per heavy atom. The van der Waals surface area contributed by atoms with Crippen LogP contribution in [-0.2, 0) is 16.4 Å². The molecule has 0 aliphatic heterocycles. The Hall–Kier alpha value is -1.08. The number of hydrogen-bond acceptors (Lipinski definition) is 5. The first kappa shape index (κ1) is 17.0. The van der Waals surface area contributed by atoms with Crippen molar-refractivity contribution in [3.8, 4) is 0 Å².